The zero-order valence-corrected chi connectivity index (χ0v) is 25.1. The smallest absolute Gasteiger partial charge is 0.259 e. The number of sulfone groups is 1. The van der Waals surface area contributed by atoms with Crippen LogP contribution in [-0.4, -0.2) is 111 Å². The lowest BCUT2D eigenvalue weighted by atomic mass is 9.92. The molecule has 220 valence electrons. The molecule has 2 amide bonds. The summed E-state index contributed by atoms with van der Waals surface area (Å²) < 4.78 is 28.8. The molecule has 1 aromatic heterocycles. The van der Waals surface area contributed by atoms with Crippen molar-refractivity contribution in [3.63, 3.8) is 0 Å². The quantitative estimate of drug-likeness (QED) is 0.405. The van der Waals surface area contributed by atoms with Crippen LogP contribution < -0.4 is 10.6 Å². The Morgan fingerprint density at radius 3 is 2.54 bits per heavy atom. The number of piperidine rings is 1. The molecule has 2 atom stereocenters. The number of ether oxygens (including phenoxy) is 1. The van der Waals surface area contributed by atoms with Crippen LogP contribution in [-0.2, 0) is 24.8 Å². The molecule has 12 heteroatoms. The summed E-state index contributed by atoms with van der Waals surface area (Å²) in [4.78, 5) is 40.2. The molecule has 0 aliphatic carbocycles. The van der Waals surface area contributed by atoms with Crippen LogP contribution in [0.3, 0.4) is 0 Å². The fraction of sp³-hybridized carbons (Fsp3) is 0.778. The Kier molecular flexibility index (Phi) is 10.7. The number of amides is 2. The van der Waals surface area contributed by atoms with Crippen LogP contribution in [0, 0.1) is 11.8 Å². The van der Waals surface area contributed by atoms with Gasteiger partial charge in [0.25, 0.3) is 5.91 Å². The zero-order valence-electron chi connectivity index (χ0n) is 24.3. The third-order valence-electron chi connectivity index (χ3n) is 7.10. The van der Waals surface area contributed by atoms with E-state index in [9.17, 15) is 18.0 Å². The van der Waals surface area contributed by atoms with E-state index in [1.165, 1.54) is 0 Å². The van der Waals surface area contributed by atoms with Gasteiger partial charge in [0.05, 0.1) is 17.4 Å². The van der Waals surface area contributed by atoms with Crippen LogP contribution in [0.25, 0.3) is 0 Å². The fourth-order valence-electron chi connectivity index (χ4n) is 4.94. The molecule has 2 aliphatic rings. The van der Waals surface area contributed by atoms with Gasteiger partial charge in [-0.1, -0.05) is 34.6 Å². The number of carbonyl (C=O) groups excluding carboxylic acids is 2. The van der Waals surface area contributed by atoms with Gasteiger partial charge in [-0.3, -0.25) is 9.59 Å². The molecule has 2 N–H and O–H groups in total. The first-order valence-electron chi connectivity index (χ1n) is 13.9. The normalized spacial score (nSPS) is 21.6. The Balaban J connectivity index is 1.83. The highest BCUT2D eigenvalue weighted by Gasteiger charge is 2.37. The van der Waals surface area contributed by atoms with Crippen molar-refractivity contribution in [2.75, 3.05) is 69.8 Å². The lowest BCUT2D eigenvalue weighted by molar-refractivity contribution is -0.136. The first-order chi connectivity index (χ1) is 18.3. The van der Waals surface area contributed by atoms with Gasteiger partial charge in [0.1, 0.15) is 17.2 Å². The van der Waals surface area contributed by atoms with Crippen molar-refractivity contribution in [1.82, 2.24) is 25.1 Å². The van der Waals surface area contributed by atoms with Gasteiger partial charge in [-0.05, 0) is 18.8 Å². The third kappa shape index (κ3) is 8.59. The van der Waals surface area contributed by atoms with Crippen LogP contribution in [0.1, 0.15) is 63.6 Å². The topological polar surface area (TPSA) is 134 Å². The molecule has 2 saturated heterocycles. The maximum absolute atomic E-state index is 14.1. The minimum Gasteiger partial charge on any atom is -0.385 e. The van der Waals surface area contributed by atoms with Gasteiger partial charge < -0.3 is 25.2 Å². The molecule has 3 heterocycles. The first-order valence-corrected chi connectivity index (χ1v) is 15.8. The van der Waals surface area contributed by atoms with Crippen LogP contribution in [0.4, 0.5) is 5.82 Å². The van der Waals surface area contributed by atoms with Gasteiger partial charge in [-0.15, -0.1) is 0 Å². The maximum Gasteiger partial charge on any atom is 0.259 e. The van der Waals surface area contributed by atoms with Crippen molar-refractivity contribution in [3.8, 4) is 0 Å². The zero-order chi connectivity index (χ0) is 28.8. The Bertz CT molecular complexity index is 1090. The largest absolute Gasteiger partial charge is 0.385 e. The van der Waals surface area contributed by atoms with Crippen molar-refractivity contribution in [2.45, 2.75) is 58.9 Å². The van der Waals surface area contributed by atoms with Gasteiger partial charge in [0.2, 0.25) is 5.91 Å². The Hall–Kier alpha value is -2.31. The number of hydrogen-bond acceptors (Lipinski definition) is 9. The monoisotopic (exact) mass is 566 g/mol. The number of nitrogens with zero attached hydrogens (tertiary/aromatic N) is 4. The summed E-state index contributed by atoms with van der Waals surface area (Å²) in [7, 11) is -1.42. The Labute approximate surface area is 233 Å². The maximum atomic E-state index is 14.1. The van der Waals surface area contributed by atoms with Crippen molar-refractivity contribution in [2.24, 2.45) is 11.8 Å². The number of anilines is 1. The van der Waals surface area contributed by atoms with Crippen molar-refractivity contribution >= 4 is 27.5 Å². The predicted octanol–water partition coefficient (Wildman–Crippen LogP) is 1.56. The number of carbonyl (C=O) groups is 2. The summed E-state index contributed by atoms with van der Waals surface area (Å²) in [5.41, 5.74) is 0.132. The second kappa shape index (κ2) is 13.4. The fourth-order valence-corrected chi connectivity index (χ4v) is 6.14. The number of aromatic nitrogens is 2. The van der Waals surface area contributed by atoms with Crippen molar-refractivity contribution in [1.29, 1.82) is 0 Å². The van der Waals surface area contributed by atoms with Crippen LogP contribution in [0.2, 0.25) is 0 Å². The second-order valence-corrected chi connectivity index (χ2v) is 14.4. The molecule has 0 radical (unpaired) electrons. The van der Waals surface area contributed by atoms with Crippen LogP contribution >= 0.6 is 0 Å². The molecule has 39 heavy (non-hydrogen) atoms. The number of hydrogen-bond donors (Lipinski definition) is 2. The van der Waals surface area contributed by atoms with Crippen LogP contribution in [0.15, 0.2) is 6.20 Å². The highest BCUT2D eigenvalue weighted by Crippen LogP contribution is 2.26. The summed E-state index contributed by atoms with van der Waals surface area (Å²) in [6.07, 6.45) is 2.91. The van der Waals surface area contributed by atoms with Crippen molar-refractivity contribution < 1.29 is 22.7 Å². The molecule has 0 saturated carbocycles. The average Bonchev–Trinajstić information content (AvgIpc) is 2.88. The van der Waals surface area contributed by atoms with E-state index in [1.807, 2.05) is 25.7 Å². The molecule has 2 fully saturated rings. The predicted molar refractivity (Wildman–Crippen MR) is 152 cm³/mol. The lowest BCUT2D eigenvalue weighted by Crippen LogP contribution is -2.56. The second-order valence-electron chi connectivity index (χ2n) is 12.1. The summed E-state index contributed by atoms with van der Waals surface area (Å²) >= 11 is 0. The molecule has 0 aromatic carbocycles. The third-order valence-corrected chi connectivity index (χ3v) is 8.71. The van der Waals surface area contributed by atoms with E-state index >= 15 is 0 Å². The SMILES string of the molecule is COCCCNc1nc(C(C)(C)C)ncc1C(=O)N(CC(C)C)[C@@H]1CNC[C@H](C(=O)N2CCS(=O)(=O)CC2)C1. The van der Waals surface area contributed by atoms with Gasteiger partial charge in [-0.25, -0.2) is 18.4 Å². The summed E-state index contributed by atoms with van der Waals surface area (Å²) in [6, 6.07) is -0.195. The van der Waals surface area contributed by atoms with E-state index in [4.69, 9.17) is 9.72 Å². The van der Waals surface area contributed by atoms with E-state index in [0.29, 0.717) is 56.4 Å². The molecular weight excluding hydrogens is 520 g/mol. The molecule has 0 spiro atoms. The summed E-state index contributed by atoms with van der Waals surface area (Å²) in [6.45, 7) is 13.5. The highest BCUT2D eigenvalue weighted by molar-refractivity contribution is 7.91. The van der Waals surface area contributed by atoms with Gasteiger partial charge in [0.15, 0.2) is 9.84 Å². The summed E-state index contributed by atoms with van der Waals surface area (Å²) in [5.74, 6) is 0.854. The first kappa shape index (κ1) is 31.2. The molecule has 2 aliphatic heterocycles. The van der Waals surface area contributed by atoms with E-state index in [0.717, 1.165) is 6.42 Å². The Morgan fingerprint density at radius 2 is 1.92 bits per heavy atom. The Morgan fingerprint density at radius 1 is 1.23 bits per heavy atom. The van der Waals surface area contributed by atoms with E-state index in [1.54, 1.807) is 18.2 Å². The van der Waals surface area contributed by atoms with Gasteiger partial charge >= 0.3 is 0 Å². The lowest BCUT2D eigenvalue weighted by Gasteiger charge is -2.40. The van der Waals surface area contributed by atoms with Crippen molar-refractivity contribution in [3.05, 3.63) is 17.6 Å². The standard InChI is InChI=1S/C27H46N6O5S/c1-19(2)18-33(21-14-20(15-28-16-21)24(34)32-9-12-39(36,37)13-10-32)25(35)22-17-30-26(27(3,4)5)31-23(22)29-8-7-11-38-6/h17,19-21,28H,7-16,18H2,1-6H3,(H,29,30,31)/t20-,21+/m1/s1. The molecular formula is C27H46N6O5S. The van der Waals surface area contributed by atoms with E-state index < -0.39 is 9.84 Å². The number of rotatable bonds is 10. The average molecular weight is 567 g/mol. The van der Waals surface area contributed by atoms with E-state index in [-0.39, 0.29) is 59.7 Å². The number of methoxy groups -OCH3 is 1. The molecule has 11 nitrogen and oxygen atoms in total. The van der Waals surface area contributed by atoms with Gasteiger partial charge in [0, 0.05) is 70.6 Å². The molecule has 3 rings (SSSR count). The molecule has 1 aromatic rings. The van der Waals surface area contributed by atoms with Crippen LogP contribution in [0.5, 0.6) is 0 Å². The van der Waals surface area contributed by atoms with E-state index in [2.05, 4.69) is 29.5 Å². The minimum absolute atomic E-state index is 0.00496. The molecule has 0 bridgehead atoms. The molecule has 0 unspecified atom stereocenters. The van der Waals surface area contributed by atoms with Gasteiger partial charge in [-0.2, -0.15) is 0 Å². The highest BCUT2D eigenvalue weighted by atomic mass is 32.2. The summed E-state index contributed by atoms with van der Waals surface area (Å²) in [5, 5.41) is 6.68. The minimum atomic E-state index is -3.07. The number of nitrogens with one attached hydrogen (secondary N) is 2.